The van der Waals surface area contributed by atoms with Crippen molar-refractivity contribution < 1.29 is 17.6 Å². The van der Waals surface area contributed by atoms with Gasteiger partial charge in [-0.3, -0.25) is 9.52 Å². The Hall–Kier alpha value is -2.90. The van der Waals surface area contributed by atoms with Crippen molar-refractivity contribution in [3.05, 3.63) is 94.3 Å². The summed E-state index contributed by atoms with van der Waals surface area (Å²) in [7, 11) is -3.98. The summed E-state index contributed by atoms with van der Waals surface area (Å²) in [4.78, 5) is 12.3. The minimum atomic E-state index is -3.98. The Kier molecular flexibility index (Phi) is 6.74. The summed E-state index contributed by atoms with van der Waals surface area (Å²) in [6, 6.07) is 16.9. The molecule has 0 saturated heterocycles. The Morgan fingerprint density at radius 2 is 1.67 bits per heavy atom. The predicted octanol–water partition coefficient (Wildman–Crippen LogP) is 4.56. The number of carbonyl (C=O) groups excluding carboxylic acids is 1. The molecule has 1 amide bonds. The molecule has 0 bridgehead atoms. The van der Waals surface area contributed by atoms with E-state index < -0.39 is 15.9 Å². The van der Waals surface area contributed by atoms with Crippen LogP contribution in [0.1, 0.15) is 21.5 Å². The molecule has 5 nitrogen and oxygen atoms in total. The van der Waals surface area contributed by atoms with Crippen molar-refractivity contribution >= 4 is 33.2 Å². The van der Waals surface area contributed by atoms with Gasteiger partial charge < -0.3 is 5.32 Å². The highest BCUT2D eigenvalue weighted by atomic mass is 35.5. The molecular formula is C22H20ClFN2O3S. The first-order valence-electron chi connectivity index (χ1n) is 9.16. The van der Waals surface area contributed by atoms with E-state index in [2.05, 4.69) is 10.0 Å². The molecule has 0 spiro atoms. The highest BCUT2D eigenvalue weighted by Gasteiger charge is 2.20. The lowest BCUT2D eigenvalue weighted by Crippen LogP contribution is -2.26. The second-order valence-electron chi connectivity index (χ2n) is 6.75. The van der Waals surface area contributed by atoms with Crippen molar-refractivity contribution in [2.45, 2.75) is 18.2 Å². The molecule has 0 heterocycles. The van der Waals surface area contributed by atoms with Gasteiger partial charge in [0.1, 0.15) is 10.7 Å². The van der Waals surface area contributed by atoms with Crippen molar-refractivity contribution in [2.24, 2.45) is 0 Å². The van der Waals surface area contributed by atoms with Crippen LogP contribution in [0.15, 0.2) is 71.6 Å². The SMILES string of the molecule is Cc1ccc(NS(=O)(=O)c2cc(C(=O)NCCc3ccc(F)cc3)ccc2Cl)cc1. The first-order chi connectivity index (χ1) is 14.2. The molecule has 0 atom stereocenters. The molecule has 8 heteroatoms. The molecule has 0 fully saturated rings. The standard InChI is InChI=1S/C22H20ClFN2O3S/c1-15-2-9-19(10-3-15)26-30(28,29)21-14-17(6-11-20(21)23)22(27)25-13-12-16-4-7-18(24)8-5-16/h2-11,14,26H,12-13H2,1H3,(H,25,27). The fourth-order valence-electron chi connectivity index (χ4n) is 2.76. The molecule has 0 aliphatic rings. The van der Waals surface area contributed by atoms with Gasteiger partial charge in [0, 0.05) is 17.8 Å². The smallest absolute Gasteiger partial charge is 0.263 e. The molecule has 0 radical (unpaired) electrons. The zero-order valence-electron chi connectivity index (χ0n) is 16.2. The average molecular weight is 447 g/mol. The number of aryl methyl sites for hydroxylation is 1. The van der Waals surface area contributed by atoms with Crippen LogP contribution in [0.3, 0.4) is 0 Å². The number of amides is 1. The third-order valence-corrected chi connectivity index (χ3v) is 6.26. The first-order valence-corrected chi connectivity index (χ1v) is 11.0. The molecule has 0 aromatic heterocycles. The van der Waals surface area contributed by atoms with E-state index in [4.69, 9.17) is 11.6 Å². The highest BCUT2D eigenvalue weighted by Crippen LogP contribution is 2.25. The maximum atomic E-state index is 12.9. The van der Waals surface area contributed by atoms with Gasteiger partial charge in [-0.05, 0) is 61.4 Å². The molecule has 30 heavy (non-hydrogen) atoms. The molecule has 0 aliphatic carbocycles. The second-order valence-corrected chi connectivity index (χ2v) is 8.81. The second kappa shape index (κ2) is 9.28. The van der Waals surface area contributed by atoms with Gasteiger partial charge in [-0.25, -0.2) is 12.8 Å². The summed E-state index contributed by atoms with van der Waals surface area (Å²) in [5, 5.41) is 2.74. The van der Waals surface area contributed by atoms with Crippen LogP contribution in [0.4, 0.5) is 10.1 Å². The lowest BCUT2D eigenvalue weighted by molar-refractivity contribution is 0.0954. The topological polar surface area (TPSA) is 75.3 Å². The van der Waals surface area contributed by atoms with E-state index in [1.807, 2.05) is 6.92 Å². The molecule has 3 rings (SSSR count). The number of benzene rings is 3. The summed E-state index contributed by atoms with van der Waals surface area (Å²) in [6.07, 6.45) is 0.514. The largest absolute Gasteiger partial charge is 0.352 e. The fraction of sp³-hybridized carbons (Fsp3) is 0.136. The Morgan fingerprint density at radius 1 is 1.00 bits per heavy atom. The first kappa shape index (κ1) is 21.8. The normalized spacial score (nSPS) is 11.2. The average Bonchev–Trinajstić information content (AvgIpc) is 2.71. The predicted molar refractivity (Wildman–Crippen MR) is 116 cm³/mol. The molecule has 0 unspecified atom stereocenters. The van der Waals surface area contributed by atoms with Crippen LogP contribution >= 0.6 is 11.6 Å². The quantitative estimate of drug-likeness (QED) is 0.558. The van der Waals surface area contributed by atoms with E-state index in [0.29, 0.717) is 18.7 Å². The summed E-state index contributed by atoms with van der Waals surface area (Å²) < 4.78 is 40.9. The van der Waals surface area contributed by atoms with Gasteiger partial charge in [-0.2, -0.15) is 0 Å². The van der Waals surface area contributed by atoms with E-state index in [0.717, 1.165) is 11.1 Å². The van der Waals surface area contributed by atoms with E-state index in [1.54, 1.807) is 36.4 Å². The molecule has 0 saturated carbocycles. The van der Waals surface area contributed by atoms with Crippen molar-refractivity contribution in [1.82, 2.24) is 5.32 Å². The number of rotatable bonds is 7. The number of nitrogens with one attached hydrogen (secondary N) is 2. The maximum Gasteiger partial charge on any atom is 0.263 e. The number of carbonyl (C=O) groups is 1. The van der Waals surface area contributed by atoms with Gasteiger partial charge >= 0.3 is 0 Å². The molecule has 156 valence electrons. The lowest BCUT2D eigenvalue weighted by Gasteiger charge is -2.12. The van der Waals surface area contributed by atoms with Crippen LogP contribution in [0.25, 0.3) is 0 Å². The zero-order valence-corrected chi connectivity index (χ0v) is 17.7. The van der Waals surface area contributed by atoms with Crippen LogP contribution in [0, 0.1) is 12.7 Å². The van der Waals surface area contributed by atoms with Crippen molar-refractivity contribution in [3.63, 3.8) is 0 Å². The van der Waals surface area contributed by atoms with E-state index in [9.17, 15) is 17.6 Å². The van der Waals surface area contributed by atoms with E-state index in [1.165, 1.54) is 30.3 Å². The van der Waals surface area contributed by atoms with Gasteiger partial charge in [0.2, 0.25) is 0 Å². The Balaban J connectivity index is 1.71. The maximum absolute atomic E-state index is 12.9. The summed E-state index contributed by atoms with van der Waals surface area (Å²) >= 11 is 6.09. The number of halogens is 2. The molecule has 0 aliphatic heterocycles. The Morgan fingerprint density at radius 3 is 2.33 bits per heavy atom. The molecule has 2 N–H and O–H groups in total. The minimum absolute atomic E-state index is 0.0115. The van der Waals surface area contributed by atoms with Crippen LogP contribution in [-0.2, 0) is 16.4 Å². The van der Waals surface area contributed by atoms with Crippen molar-refractivity contribution in [3.8, 4) is 0 Å². The number of sulfonamides is 1. The van der Waals surface area contributed by atoms with Gasteiger partial charge in [0.25, 0.3) is 15.9 Å². The third-order valence-electron chi connectivity index (χ3n) is 4.40. The molecular weight excluding hydrogens is 427 g/mol. The van der Waals surface area contributed by atoms with Crippen molar-refractivity contribution in [1.29, 1.82) is 0 Å². The lowest BCUT2D eigenvalue weighted by atomic mass is 10.1. The number of hydrogen-bond donors (Lipinski definition) is 2. The minimum Gasteiger partial charge on any atom is -0.352 e. The summed E-state index contributed by atoms with van der Waals surface area (Å²) in [5.41, 5.74) is 2.43. The van der Waals surface area contributed by atoms with Crippen LogP contribution in [0.2, 0.25) is 5.02 Å². The van der Waals surface area contributed by atoms with Gasteiger partial charge in [-0.15, -0.1) is 0 Å². The summed E-state index contributed by atoms with van der Waals surface area (Å²) in [5.74, 6) is -0.752. The Labute approximate surface area is 179 Å². The van der Waals surface area contributed by atoms with Gasteiger partial charge in [0.15, 0.2) is 0 Å². The van der Waals surface area contributed by atoms with E-state index >= 15 is 0 Å². The molecule has 3 aromatic carbocycles. The van der Waals surface area contributed by atoms with Gasteiger partial charge in [-0.1, -0.05) is 41.4 Å². The van der Waals surface area contributed by atoms with E-state index in [-0.39, 0.29) is 21.3 Å². The van der Waals surface area contributed by atoms with Crippen LogP contribution < -0.4 is 10.0 Å². The zero-order chi connectivity index (χ0) is 21.7. The monoisotopic (exact) mass is 446 g/mol. The molecule has 3 aromatic rings. The third kappa shape index (κ3) is 5.58. The fourth-order valence-corrected chi connectivity index (χ4v) is 4.34. The number of anilines is 1. The Bertz CT molecular complexity index is 1150. The summed E-state index contributed by atoms with van der Waals surface area (Å²) in [6.45, 7) is 2.21. The number of hydrogen-bond acceptors (Lipinski definition) is 3. The van der Waals surface area contributed by atoms with Crippen molar-refractivity contribution in [2.75, 3.05) is 11.3 Å². The van der Waals surface area contributed by atoms with Gasteiger partial charge in [0.05, 0.1) is 5.02 Å². The highest BCUT2D eigenvalue weighted by molar-refractivity contribution is 7.92. The van der Waals surface area contributed by atoms with Crippen LogP contribution in [-0.4, -0.2) is 20.9 Å². The van der Waals surface area contributed by atoms with Crippen LogP contribution in [0.5, 0.6) is 0 Å².